The lowest BCUT2D eigenvalue weighted by atomic mass is 10.0. The summed E-state index contributed by atoms with van der Waals surface area (Å²) in [6, 6.07) is 11.1. The molecule has 15 nitrogen and oxygen atoms in total. The van der Waals surface area contributed by atoms with Gasteiger partial charge < -0.3 is 42.2 Å². The summed E-state index contributed by atoms with van der Waals surface area (Å²) in [5.41, 5.74) is 4.13. The monoisotopic (exact) mass is 662 g/mol. The summed E-state index contributed by atoms with van der Waals surface area (Å²) >= 11 is 0. The maximum atomic E-state index is 13.6. The topological polar surface area (TPSA) is 182 Å². The van der Waals surface area contributed by atoms with Crippen LogP contribution < -0.4 is 17.7 Å². The van der Waals surface area contributed by atoms with E-state index >= 15 is 0 Å². The number of esters is 2. The number of halogens is 1. The summed E-state index contributed by atoms with van der Waals surface area (Å²) in [6.07, 6.45) is 5.32. The highest BCUT2D eigenvalue weighted by atomic mass is 35.5. The van der Waals surface area contributed by atoms with E-state index in [4.69, 9.17) is 9.47 Å². The predicted octanol–water partition coefficient (Wildman–Crippen LogP) is -1.60. The number of hydrogen-bond acceptors (Lipinski definition) is 11. The minimum atomic E-state index is -1.08. The van der Waals surface area contributed by atoms with Crippen LogP contribution in [0, 0.1) is 0 Å². The van der Waals surface area contributed by atoms with Gasteiger partial charge in [-0.3, -0.25) is 4.79 Å². The fourth-order valence-electron chi connectivity index (χ4n) is 5.55. The fourth-order valence-corrected chi connectivity index (χ4v) is 5.55. The number of carbonyl (C=O) groups is 3. The van der Waals surface area contributed by atoms with Crippen LogP contribution in [0.15, 0.2) is 61.1 Å². The number of amides is 1. The van der Waals surface area contributed by atoms with Crippen LogP contribution in [-0.2, 0) is 25.5 Å². The van der Waals surface area contributed by atoms with Crippen molar-refractivity contribution in [3.63, 3.8) is 0 Å². The molecular formula is C31H33ClN9O6-. The Morgan fingerprint density at radius 1 is 0.894 bits per heavy atom. The van der Waals surface area contributed by atoms with Crippen LogP contribution in [0.5, 0.6) is 0 Å². The molecule has 1 aliphatic heterocycles. The van der Waals surface area contributed by atoms with Crippen molar-refractivity contribution in [2.75, 3.05) is 47.0 Å². The summed E-state index contributed by atoms with van der Waals surface area (Å²) in [7, 11) is 2.55. The Hall–Kier alpha value is -5.12. The van der Waals surface area contributed by atoms with Gasteiger partial charge in [0, 0.05) is 66.4 Å². The third-order valence-electron chi connectivity index (χ3n) is 8.04. The minimum Gasteiger partial charge on any atom is -1.00 e. The first-order valence-electron chi connectivity index (χ1n) is 14.7. The van der Waals surface area contributed by atoms with Crippen LogP contribution >= 0.6 is 0 Å². The van der Waals surface area contributed by atoms with Gasteiger partial charge in [0.2, 0.25) is 0 Å². The number of rotatable bonds is 10. The minimum absolute atomic E-state index is 0. The molecule has 0 radical (unpaired) electrons. The molecule has 1 fully saturated rings. The number of aliphatic hydroxyl groups excluding tert-OH is 1. The molecule has 4 heterocycles. The number of aromatic nitrogens is 7. The van der Waals surface area contributed by atoms with Crippen LogP contribution in [0.3, 0.4) is 0 Å². The van der Waals surface area contributed by atoms with Gasteiger partial charge in [-0.15, -0.1) is 10.2 Å². The van der Waals surface area contributed by atoms with Gasteiger partial charge in [0.05, 0.1) is 33.2 Å². The number of fused-ring (bicyclic) bond motifs is 1. The average molecular weight is 663 g/mol. The molecule has 3 aromatic heterocycles. The standard InChI is InChI=1S/C31H33N9O6.ClH/c1-45-30(43)27(14-22-15-33-24-6-4-3-5-23(22)24)39-16-25(34-36-39)19-11-20(13-21(12-19)29(42)38-9-7-32-8-10-38)26-17-40(37-35-26)28(18-41)31(44)46-2;/h3-6,11-13,15-17,27-28,32-33,41H,7-10,14,18H2,1-2H3;1H/p-1/t27-,28-;/m0./s1. The van der Waals surface area contributed by atoms with Crippen LogP contribution in [0.1, 0.15) is 28.0 Å². The van der Waals surface area contributed by atoms with Gasteiger partial charge in [0.1, 0.15) is 11.4 Å². The summed E-state index contributed by atoms with van der Waals surface area (Å²) < 4.78 is 12.6. The molecule has 0 aliphatic carbocycles. The van der Waals surface area contributed by atoms with Gasteiger partial charge in [-0.05, 0) is 29.8 Å². The number of benzene rings is 2. The number of methoxy groups -OCH3 is 2. The summed E-state index contributed by atoms with van der Waals surface area (Å²) in [5.74, 6) is -1.32. The Labute approximate surface area is 275 Å². The first-order valence-corrected chi connectivity index (χ1v) is 14.7. The fraction of sp³-hybridized carbons (Fsp3) is 0.323. The predicted molar refractivity (Wildman–Crippen MR) is 164 cm³/mol. The van der Waals surface area contributed by atoms with E-state index in [9.17, 15) is 19.5 Å². The Morgan fingerprint density at radius 3 is 2.11 bits per heavy atom. The molecule has 3 N–H and O–H groups in total. The summed E-state index contributed by atoms with van der Waals surface area (Å²) in [4.78, 5) is 43.8. The van der Waals surface area contributed by atoms with E-state index in [1.54, 1.807) is 29.3 Å². The lowest BCUT2D eigenvalue weighted by Gasteiger charge is -2.27. The maximum Gasteiger partial charge on any atom is 0.333 e. The van der Waals surface area contributed by atoms with E-state index in [-0.39, 0.29) is 18.3 Å². The number of nitrogens with zero attached hydrogens (tertiary/aromatic N) is 7. The second kappa shape index (κ2) is 14.5. The van der Waals surface area contributed by atoms with Crippen molar-refractivity contribution in [2.24, 2.45) is 0 Å². The van der Waals surface area contributed by atoms with Crippen LogP contribution in [0.25, 0.3) is 33.4 Å². The molecule has 1 amide bonds. The quantitative estimate of drug-likeness (QED) is 0.146. The first kappa shape index (κ1) is 33.2. The van der Waals surface area contributed by atoms with Gasteiger partial charge in [0.25, 0.3) is 5.91 Å². The van der Waals surface area contributed by atoms with Crippen molar-refractivity contribution in [1.82, 2.24) is 45.2 Å². The lowest BCUT2D eigenvalue weighted by molar-refractivity contribution is -0.146. The van der Waals surface area contributed by atoms with Crippen LogP contribution in [-0.4, -0.2) is 110 Å². The second-order valence-electron chi connectivity index (χ2n) is 10.8. The molecule has 47 heavy (non-hydrogen) atoms. The number of aromatic amines is 1. The van der Waals surface area contributed by atoms with E-state index in [2.05, 4.69) is 30.9 Å². The van der Waals surface area contributed by atoms with E-state index < -0.39 is 30.6 Å². The zero-order chi connectivity index (χ0) is 32.2. The molecule has 5 aromatic rings. The van der Waals surface area contributed by atoms with Crippen molar-refractivity contribution >= 4 is 28.7 Å². The molecule has 16 heteroatoms. The molecule has 0 bridgehead atoms. The highest BCUT2D eigenvalue weighted by molar-refractivity contribution is 5.97. The molecule has 6 rings (SSSR count). The number of aliphatic hydroxyl groups is 1. The van der Waals surface area contributed by atoms with Crippen molar-refractivity contribution in [1.29, 1.82) is 0 Å². The summed E-state index contributed by atoms with van der Waals surface area (Å²) in [5, 5.41) is 30.9. The molecule has 0 spiro atoms. The van der Waals surface area contributed by atoms with Crippen molar-refractivity contribution in [3.05, 3.63) is 72.2 Å². The van der Waals surface area contributed by atoms with Crippen molar-refractivity contribution in [2.45, 2.75) is 18.5 Å². The zero-order valence-electron chi connectivity index (χ0n) is 25.7. The van der Waals surface area contributed by atoms with Crippen molar-refractivity contribution in [3.8, 4) is 22.5 Å². The number of carbonyl (C=O) groups excluding carboxylic acids is 3. The van der Waals surface area contributed by atoms with Gasteiger partial charge in [-0.1, -0.05) is 28.6 Å². The zero-order valence-corrected chi connectivity index (χ0v) is 26.4. The number of piperazine rings is 1. The highest BCUT2D eigenvalue weighted by Gasteiger charge is 2.27. The Balaban J connectivity index is 0.00000433. The van der Waals surface area contributed by atoms with E-state index in [0.29, 0.717) is 60.7 Å². The van der Waals surface area contributed by atoms with Crippen LogP contribution in [0.4, 0.5) is 0 Å². The Bertz CT molecular complexity index is 1880. The largest absolute Gasteiger partial charge is 1.00 e. The lowest BCUT2D eigenvalue weighted by Crippen LogP contribution is -3.00. The number of para-hydroxylation sites is 1. The van der Waals surface area contributed by atoms with Gasteiger partial charge in [0.15, 0.2) is 12.1 Å². The molecule has 0 unspecified atom stereocenters. The van der Waals surface area contributed by atoms with E-state index in [1.165, 1.54) is 29.8 Å². The smallest absolute Gasteiger partial charge is 0.333 e. The van der Waals surface area contributed by atoms with Gasteiger partial charge >= 0.3 is 11.9 Å². The highest BCUT2D eigenvalue weighted by Crippen LogP contribution is 2.29. The van der Waals surface area contributed by atoms with Gasteiger partial charge in [-0.25, -0.2) is 19.0 Å². The number of hydrogen-bond donors (Lipinski definition) is 3. The maximum absolute atomic E-state index is 13.6. The van der Waals surface area contributed by atoms with E-state index in [1.807, 2.05) is 30.5 Å². The first-order chi connectivity index (χ1) is 22.4. The molecule has 2 atom stereocenters. The van der Waals surface area contributed by atoms with Crippen LogP contribution in [0.2, 0.25) is 0 Å². The Kier molecular flexibility index (Phi) is 10.3. The SMILES string of the molecule is COC(=O)[C@H](CO)n1cc(-c2cc(C(=O)N3CCNCC3)cc(-c3cn([C@@H](Cc4c[nH]c5ccccc45)C(=O)OC)nn3)c2)nn1.[Cl-]. The number of H-pyrrole nitrogens is 1. The normalized spacial score (nSPS) is 14.3. The third-order valence-corrected chi connectivity index (χ3v) is 8.04. The number of ether oxygens (including phenoxy) is 2. The molecule has 1 aliphatic rings. The Morgan fingerprint density at radius 2 is 1.49 bits per heavy atom. The second-order valence-corrected chi connectivity index (χ2v) is 10.8. The molecule has 246 valence electrons. The molecular weight excluding hydrogens is 630 g/mol. The third kappa shape index (κ3) is 6.86. The summed E-state index contributed by atoms with van der Waals surface area (Å²) in [6.45, 7) is 1.93. The molecule has 1 saturated heterocycles. The molecule has 0 saturated carbocycles. The van der Waals surface area contributed by atoms with Crippen molar-refractivity contribution < 1.29 is 41.4 Å². The average Bonchev–Trinajstić information content (AvgIpc) is 3.88. The van der Waals surface area contributed by atoms with Gasteiger partial charge in [-0.2, -0.15) is 0 Å². The number of nitrogens with one attached hydrogen (secondary N) is 2. The van der Waals surface area contributed by atoms with E-state index in [0.717, 1.165) is 16.5 Å². The molecule has 2 aromatic carbocycles.